The Morgan fingerprint density at radius 1 is 1.37 bits per heavy atom. The van der Waals surface area contributed by atoms with Crippen LogP contribution in [0, 0.1) is 21.7 Å². The maximum Gasteiger partial charge on any atom is 0.308 e. The molecule has 0 atom stereocenters. The summed E-state index contributed by atoms with van der Waals surface area (Å²) in [4.78, 5) is 10.9. The number of nitrogens with zero attached hydrogens (tertiary/aromatic N) is 2. The molecule has 0 radical (unpaired) electrons. The van der Waals surface area contributed by atoms with Gasteiger partial charge in [-0.25, -0.2) is 8.78 Å². The van der Waals surface area contributed by atoms with Gasteiger partial charge in [-0.15, -0.1) is 0 Å². The van der Waals surface area contributed by atoms with Crippen LogP contribution in [-0.2, 0) is 11.4 Å². The van der Waals surface area contributed by atoms with Crippen LogP contribution in [0.1, 0.15) is 5.56 Å². The lowest BCUT2D eigenvalue weighted by Gasteiger charge is -2.30. The molecule has 0 saturated carbocycles. The van der Waals surface area contributed by atoms with E-state index in [1.807, 2.05) is 0 Å². The van der Waals surface area contributed by atoms with Gasteiger partial charge < -0.3 is 9.64 Å². The Hall–Kier alpha value is -1.83. The second-order valence-corrected chi connectivity index (χ2v) is 4.01. The van der Waals surface area contributed by atoms with Crippen molar-refractivity contribution >= 4 is 11.4 Å². The van der Waals surface area contributed by atoms with Crippen LogP contribution >= 0.6 is 0 Å². The van der Waals surface area contributed by atoms with Crippen molar-refractivity contribution in [2.75, 3.05) is 31.2 Å². The molecule has 0 N–H and O–H groups in total. The van der Waals surface area contributed by atoms with Crippen molar-refractivity contribution in [2.45, 2.75) is 6.67 Å². The quantitative estimate of drug-likeness (QED) is 0.627. The Labute approximate surface area is 106 Å². The van der Waals surface area contributed by atoms with Crippen LogP contribution in [0.3, 0.4) is 0 Å². The molecule has 1 aliphatic rings. The molecule has 0 unspecified atom stereocenters. The molecule has 1 aromatic rings. The number of rotatable bonds is 3. The van der Waals surface area contributed by atoms with Gasteiger partial charge in [0.25, 0.3) is 0 Å². The van der Waals surface area contributed by atoms with Gasteiger partial charge in [0.2, 0.25) is 5.82 Å². The van der Waals surface area contributed by atoms with Gasteiger partial charge in [0.15, 0.2) is 5.82 Å². The van der Waals surface area contributed by atoms with Gasteiger partial charge >= 0.3 is 5.69 Å². The van der Waals surface area contributed by atoms with Gasteiger partial charge in [-0.1, -0.05) is 0 Å². The summed E-state index contributed by atoms with van der Waals surface area (Å²) in [6.07, 6.45) is 0. The predicted molar refractivity (Wildman–Crippen MR) is 60.9 cm³/mol. The van der Waals surface area contributed by atoms with E-state index in [1.165, 1.54) is 4.90 Å². The van der Waals surface area contributed by atoms with Crippen molar-refractivity contribution in [1.82, 2.24) is 0 Å². The highest BCUT2D eigenvalue weighted by Gasteiger charge is 2.28. The van der Waals surface area contributed by atoms with Crippen molar-refractivity contribution in [3.05, 3.63) is 33.4 Å². The molecule has 1 fully saturated rings. The summed E-state index contributed by atoms with van der Waals surface area (Å²) in [5, 5.41) is 10.6. The third-order valence-electron chi connectivity index (χ3n) is 2.92. The number of morpholine rings is 1. The lowest BCUT2D eigenvalue weighted by Crippen LogP contribution is -2.37. The molecule has 19 heavy (non-hydrogen) atoms. The summed E-state index contributed by atoms with van der Waals surface area (Å²) < 4.78 is 45.7. The van der Waals surface area contributed by atoms with Crippen LogP contribution in [0.25, 0.3) is 0 Å². The summed E-state index contributed by atoms with van der Waals surface area (Å²) in [7, 11) is 0. The highest BCUT2D eigenvalue weighted by atomic mass is 19.1. The number of halogens is 3. The fourth-order valence-corrected chi connectivity index (χ4v) is 2.04. The molecule has 1 aromatic carbocycles. The molecule has 104 valence electrons. The van der Waals surface area contributed by atoms with E-state index in [-0.39, 0.29) is 18.8 Å². The standard InChI is InChI=1S/C11H11F3N2O3/c12-6-7-10(14)9(16(17)18)5-8(13)11(7)15-1-3-19-4-2-15/h5H,1-4,6H2. The maximum absolute atomic E-state index is 13.9. The molecule has 1 saturated heterocycles. The fourth-order valence-electron chi connectivity index (χ4n) is 2.04. The summed E-state index contributed by atoms with van der Waals surface area (Å²) in [5.74, 6) is -2.32. The summed E-state index contributed by atoms with van der Waals surface area (Å²) in [6.45, 7) is -0.132. The van der Waals surface area contributed by atoms with Crippen LogP contribution in [0.15, 0.2) is 6.07 Å². The first-order valence-electron chi connectivity index (χ1n) is 5.60. The first-order valence-corrected chi connectivity index (χ1v) is 5.60. The van der Waals surface area contributed by atoms with Crippen LogP contribution in [0.4, 0.5) is 24.5 Å². The van der Waals surface area contributed by atoms with E-state index < -0.39 is 34.5 Å². The van der Waals surface area contributed by atoms with Gasteiger partial charge in [0, 0.05) is 13.1 Å². The topological polar surface area (TPSA) is 55.6 Å². The lowest BCUT2D eigenvalue weighted by atomic mass is 10.1. The minimum atomic E-state index is -1.32. The maximum atomic E-state index is 13.9. The first kappa shape index (κ1) is 13.6. The number of hydrogen-bond acceptors (Lipinski definition) is 4. The second kappa shape index (κ2) is 5.43. The van der Waals surface area contributed by atoms with E-state index in [2.05, 4.69) is 0 Å². The largest absolute Gasteiger partial charge is 0.378 e. The predicted octanol–water partition coefficient (Wildman–Crippen LogP) is 2.18. The lowest BCUT2D eigenvalue weighted by molar-refractivity contribution is -0.387. The molecule has 0 spiro atoms. The van der Waals surface area contributed by atoms with E-state index in [1.54, 1.807) is 0 Å². The van der Waals surface area contributed by atoms with Gasteiger partial charge in [0.1, 0.15) is 6.67 Å². The third-order valence-corrected chi connectivity index (χ3v) is 2.92. The van der Waals surface area contributed by atoms with Crippen LogP contribution in [0.2, 0.25) is 0 Å². The smallest absolute Gasteiger partial charge is 0.308 e. The monoisotopic (exact) mass is 276 g/mol. The van der Waals surface area contributed by atoms with Crippen molar-refractivity contribution in [3.8, 4) is 0 Å². The van der Waals surface area contributed by atoms with Gasteiger partial charge in [-0.05, 0) is 0 Å². The minimum Gasteiger partial charge on any atom is -0.378 e. The highest BCUT2D eigenvalue weighted by Crippen LogP contribution is 2.34. The molecule has 1 heterocycles. The summed E-state index contributed by atoms with van der Waals surface area (Å²) in [5.41, 5.74) is -1.93. The van der Waals surface area contributed by atoms with E-state index in [4.69, 9.17) is 4.74 Å². The summed E-state index contributed by atoms with van der Waals surface area (Å²) in [6, 6.07) is 0.485. The van der Waals surface area contributed by atoms with Crippen LogP contribution < -0.4 is 4.90 Å². The molecule has 0 aromatic heterocycles. The summed E-state index contributed by atoms with van der Waals surface area (Å²) >= 11 is 0. The van der Waals surface area contributed by atoms with Gasteiger partial charge in [-0.2, -0.15) is 4.39 Å². The van der Waals surface area contributed by atoms with Crippen LogP contribution in [-0.4, -0.2) is 31.2 Å². The number of nitro groups is 1. The minimum absolute atomic E-state index is 0.256. The molecule has 0 aliphatic carbocycles. The molecule has 0 bridgehead atoms. The number of benzene rings is 1. The Balaban J connectivity index is 2.53. The third kappa shape index (κ3) is 2.48. The number of nitro benzene ring substituents is 1. The van der Waals surface area contributed by atoms with E-state index >= 15 is 0 Å². The average Bonchev–Trinajstić information content (AvgIpc) is 2.41. The normalized spacial score (nSPS) is 15.6. The fraction of sp³-hybridized carbons (Fsp3) is 0.455. The van der Waals surface area contributed by atoms with E-state index in [0.717, 1.165) is 0 Å². The average molecular weight is 276 g/mol. The van der Waals surface area contributed by atoms with Crippen molar-refractivity contribution < 1.29 is 22.8 Å². The molecule has 8 heteroatoms. The van der Waals surface area contributed by atoms with Gasteiger partial charge in [-0.3, -0.25) is 10.1 Å². The second-order valence-electron chi connectivity index (χ2n) is 4.01. The molecule has 2 rings (SSSR count). The Bertz CT molecular complexity index is 504. The number of anilines is 1. The van der Waals surface area contributed by atoms with E-state index in [9.17, 15) is 23.3 Å². The van der Waals surface area contributed by atoms with Crippen LogP contribution in [0.5, 0.6) is 0 Å². The SMILES string of the molecule is O=[N+]([O-])c1cc(F)c(N2CCOCC2)c(CF)c1F. The van der Waals surface area contributed by atoms with Gasteiger partial charge in [0.05, 0.1) is 35.5 Å². The Morgan fingerprint density at radius 3 is 2.53 bits per heavy atom. The number of ether oxygens (including phenoxy) is 1. The Morgan fingerprint density at radius 2 is 2.00 bits per heavy atom. The molecular weight excluding hydrogens is 265 g/mol. The molecule has 1 aliphatic heterocycles. The number of hydrogen-bond donors (Lipinski definition) is 0. The zero-order valence-corrected chi connectivity index (χ0v) is 9.87. The van der Waals surface area contributed by atoms with Crippen molar-refractivity contribution in [2.24, 2.45) is 0 Å². The molecular formula is C11H11F3N2O3. The highest BCUT2D eigenvalue weighted by molar-refractivity contribution is 5.60. The molecule has 5 nitrogen and oxygen atoms in total. The zero-order chi connectivity index (χ0) is 14.0. The molecule has 0 amide bonds. The van der Waals surface area contributed by atoms with E-state index in [0.29, 0.717) is 19.3 Å². The van der Waals surface area contributed by atoms with Crippen molar-refractivity contribution in [3.63, 3.8) is 0 Å². The number of alkyl halides is 1. The first-order chi connectivity index (χ1) is 9.06. The van der Waals surface area contributed by atoms with Crippen molar-refractivity contribution in [1.29, 1.82) is 0 Å². The zero-order valence-electron chi connectivity index (χ0n) is 9.87. The Kier molecular flexibility index (Phi) is 3.89.